The molecule has 3 heterocycles. The summed E-state index contributed by atoms with van der Waals surface area (Å²) in [6.07, 6.45) is 3.10. The van der Waals surface area contributed by atoms with Crippen LogP contribution in [0.15, 0.2) is 18.0 Å². The van der Waals surface area contributed by atoms with Crippen molar-refractivity contribution in [2.24, 2.45) is 0 Å². The smallest absolute Gasteiger partial charge is 0.190 e. The number of hydrogen-bond acceptors (Lipinski definition) is 6. The third-order valence-corrected chi connectivity index (χ3v) is 2.34. The highest BCUT2D eigenvalue weighted by molar-refractivity contribution is 7.16. The molecule has 0 saturated carbocycles. The van der Waals surface area contributed by atoms with E-state index >= 15 is 0 Å². The molecule has 0 aliphatic heterocycles. The second-order valence-corrected chi connectivity index (χ2v) is 3.27. The van der Waals surface area contributed by atoms with Gasteiger partial charge in [-0.2, -0.15) is 0 Å². The fourth-order valence-electron chi connectivity index (χ4n) is 1.08. The normalized spacial score (nSPS) is 11.1. The van der Waals surface area contributed by atoms with Crippen LogP contribution in [-0.4, -0.2) is 24.9 Å². The second kappa shape index (κ2) is 2.40. The Kier molecular flexibility index (Phi) is 1.25. The molecular weight excluding hydrogens is 186 g/mol. The first-order chi connectivity index (χ1) is 6.43. The Morgan fingerprint density at radius 2 is 2.08 bits per heavy atom. The summed E-state index contributed by atoms with van der Waals surface area (Å²) in [5.41, 5.74) is 3.68. The summed E-state index contributed by atoms with van der Waals surface area (Å²) < 4.78 is 0. The van der Waals surface area contributed by atoms with Crippen molar-refractivity contribution in [1.82, 2.24) is 24.9 Å². The summed E-state index contributed by atoms with van der Waals surface area (Å²) >= 11 is 1.46. The highest BCUT2D eigenvalue weighted by Crippen LogP contribution is 2.15. The summed E-state index contributed by atoms with van der Waals surface area (Å²) in [5.74, 6) is 0. The molecule has 3 rings (SSSR count). The minimum atomic E-state index is 0.617. The summed E-state index contributed by atoms with van der Waals surface area (Å²) in [4.78, 5) is 21.3. The molecule has 0 aliphatic rings. The second-order valence-electron chi connectivity index (χ2n) is 2.44. The maximum Gasteiger partial charge on any atom is 0.190 e. The van der Waals surface area contributed by atoms with Gasteiger partial charge in [0.15, 0.2) is 16.1 Å². The summed E-state index contributed by atoms with van der Waals surface area (Å²) in [6, 6.07) is 0. The van der Waals surface area contributed by atoms with Gasteiger partial charge in [0.05, 0.1) is 11.7 Å². The minimum Gasteiger partial charge on any atom is -0.242 e. The van der Waals surface area contributed by atoms with E-state index in [0.717, 1.165) is 4.83 Å². The molecule has 6 heteroatoms. The topological polar surface area (TPSA) is 64.5 Å². The van der Waals surface area contributed by atoms with Gasteiger partial charge in [-0.15, -0.1) is 11.3 Å². The lowest BCUT2D eigenvalue weighted by molar-refractivity contribution is 1.17. The van der Waals surface area contributed by atoms with E-state index in [-0.39, 0.29) is 0 Å². The van der Waals surface area contributed by atoms with Gasteiger partial charge in [0.1, 0.15) is 11.8 Å². The van der Waals surface area contributed by atoms with E-state index < -0.39 is 0 Å². The first kappa shape index (κ1) is 6.79. The van der Waals surface area contributed by atoms with Crippen molar-refractivity contribution in [3.63, 3.8) is 0 Å². The van der Waals surface area contributed by atoms with Crippen LogP contribution in [0.3, 0.4) is 0 Å². The lowest BCUT2D eigenvalue weighted by atomic mass is 10.5. The maximum atomic E-state index is 4.28. The van der Waals surface area contributed by atoms with Crippen molar-refractivity contribution >= 4 is 33.0 Å². The molecule has 0 atom stereocenters. The Hall–Kier alpha value is -1.69. The van der Waals surface area contributed by atoms with Crippen molar-refractivity contribution in [2.75, 3.05) is 0 Å². The Balaban J connectivity index is 2.57. The van der Waals surface area contributed by atoms with E-state index in [9.17, 15) is 0 Å². The van der Waals surface area contributed by atoms with Crippen LogP contribution in [0, 0.1) is 0 Å². The number of rotatable bonds is 0. The van der Waals surface area contributed by atoms with Crippen molar-refractivity contribution in [3.8, 4) is 0 Å². The number of aromatic nitrogens is 5. The Bertz CT molecular complexity index is 525. The number of fused-ring (bicyclic) bond motifs is 2. The molecule has 3 aromatic rings. The minimum absolute atomic E-state index is 0.617. The molecule has 0 radical (unpaired) electrons. The van der Waals surface area contributed by atoms with Crippen LogP contribution < -0.4 is 0 Å². The fourth-order valence-corrected chi connectivity index (χ4v) is 1.67. The van der Waals surface area contributed by atoms with E-state index in [0.29, 0.717) is 16.8 Å². The zero-order valence-electron chi connectivity index (χ0n) is 6.38. The number of thiazole rings is 1. The molecule has 0 fully saturated rings. The van der Waals surface area contributed by atoms with Crippen molar-refractivity contribution in [2.45, 2.75) is 0 Å². The molecule has 0 amide bonds. The van der Waals surface area contributed by atoms with Crippen LogP contribution in [0.5, 0.6) is 0 Å². The molecule has 0 aromatic carbocycles. The molecule has 0 spiro atoms. The third-order valence-electron chi connectivity index (χ3n) is 1.64. The molecule has 13 heavy (non-hydrogen) atoms. The fraction of sp³-hybridized carbons (Fsp3) is 0. The van der Waals surface area contributed by atoms with Crippen LogP contribution in [0.25, 0.3) is 21.6 Å². The van der Waals surface area contributed by atoms with Crippen LogP contribution in [0.4, 0.5) is 0 Å². The van der Waals surface area contributed by atoms with Crippen molar-refractivity contribution in [3.05, 3.63) is 18.0 Å². The van der Waals surface area contributed by atoms with Gasteiger partial charge in [-0.3, -0.25) is 0 Å². The lowest BCUT2D eigenvalue weighted by Gasteiger charge is -1.92. The molecule has 62 valence electrons. The average molecular weight is 189 g/mol. The molecule has 3 aromatic heterocycles. The molecule has 0 aliphatic carbocycles. The zero-order chi connectivity index (χ0) is 8.67. The predicted molar refractivity (Wildman–Crippen MR) is 48.3 cm³/mol. The number of hydrogen-bond donors (Lipinski definition) is 0. The SMILES string of the molecule is c1ncc2nc3ncsc3nc2n1. The third kappa shape index (κ3) is 0.955. The Morgan fingerprint density at radius 3 is 3.08 bits per heavy atom. The monoisotopic (exact) mass is 189 g/mol. The van der Waals surface area contributed by atoms with Crippen molar-refractivity contribution in [1.29, 1.82) is 0 Å². The van der Waals surface area contributed by atoms with Gasteiger partial charge in [-0.1, -0.05) is 0 Å². The Labute approximate surface area is 76.5 Å². The average Bonchev–Trinajstić information content (AvgIpc) is 2.61. The first-order valence-electron chi connectivity index (χ1n) is 3.60. The van der Waals surface area contributed by atoms with Gasteiger partial charge in [0.25, 0.3) is 0 Å². The summed E-state index contributed by atoms with van der Waals surface area (Å²) in [5, 5.41) is 0. The van der Waals surface area contributed by atoms with Gasteiger partial charge in [-0.05, 0) is 0 Å². The van der Waals surface area contributed by atoms with Crippen LogP contribution in [-0.2, 0) is 0 Å². The lowest BCUT2D eigenvalue weighted by Crippen LogP contribution is -1.88. The van der Waals surface area contributed by atoms with Crippen LogP contribution in [0.1, 0.15) is 0 Å². The van der Waals surface area contributed by atoms with E-state index in [4.69, 9.17) is 0 Å². The number of nitrogens with zero attached hydrogens (tertiary/aromatic N) is 5. The quantitative estimate of drug-likeness (QED) is 0.528. The van der Waals surface area contributed by atoms with E-state index in [1.807, 2.05) is 0 Å². The Morgan fingerprint density at radius 1 is 1.08 bits per heavy atom. The molecule has 0 saturated heterocycles. The highest BCUT2D eigenvalue weighted by Gasteiger charge is 2.03. The van der Waals surface area contributed by atoms with Crippen molar-refractivity contribution < 1.29 is 0 Å². The molecular formula is C7H3N5S. The van der Waals surface area contributed by atoms with E-state index in [1.54, 1.807) is 11.7 Å². The zero-order valence-corrected chi connectivity index (χ0v) is 7.19. The summed E-state index contributed by atoms with van der Waals surface area (Å²) in [6.45, 7) is 0. The van der Waals surface area contributed by atoms with Gasteiger partial charge in [0.2, 0.25) is 0 Å². The van der Waals surface area contributed by atoms with Gasteiger partial charge in [0, 0.05) is 0 Å². The van der Waals surface area contributed by atoms with Gasteiger partial charge >= 0.3 is 0 Å². The molecule has 0 unspecified atom stereocenters. The summed E-state index contributed by atoms with van der Waals surface area (Å²) in [7, 11) is 0. The van der Waals surface area contributed by atoms with Crippen LogP contribution in [0.2, 0.25) is 0 Å². The molecule has 0 bridgehead atoms. The van der Waals surface area contributed by atoms with E-state index in [1.165, 1.54) is 17.7 Å². The van der Waals surface area contributed by atoms with Crippen LogP contribution >= 0.6 is 11.3 Å². The predicted octanol–water partition coefficient (Wildman–Crippen LogP) is 1.03. The largest absolute Gasteiger partial charge is 0.242 e. The molecule has 5 nitrogen and oxygen atoms in total. The van der Waals surface area contributed by atoms with Gasteiger partial charge in [-0.25, -0.2) is 24.9 Å². The standard InChI is InChI=1S/C7H3N5S/c1-4-5(9-2-8-1)12-7-6(11-4)10-3-13-7/h1-3H. The maximum absolute atomic E-state index is 4.28. The van der Waals surface area contributed by atoms with E-state index in [2.05, 4.69) is 24.9 Å². The van der Waals surface area contributed by atoms with Gasteiger partial charge < -0.3 is 0 Å². The first-order valence-corrected chi connectivity index (χ1v) is 4.48. The highest BCUT2D eigenvalue weighted by atomic mass is 32.1. The molecule has 0 N–H and O–H groups in total.